The lowest BCUT2D eigenvalue weighted by Gasteiger charge is -2.14. The number of rotatable bonds is 1. The van der Waals surface area contributed by atoms with Gasteiger partial charge in [-0.2, -0.15) is 0 Å². The second-order valence-electron chi connectivity index (χ2n) is 3.60. The largest absolute Gasteiger partial charge is 0.303 e. The fraction of sp³-hybridized carbons (Fsp3) is 0.333. The van der Waals surface area contributed by atoms with Crippen molar-refractivity contribution in [3.63, 3.8) is 0 Å². The Morgan fingerprint density at radius 1 is 1.31 bits per heavy atom. The molecule has 0 aromatic heterocycles. The Morgan fingerprint density at radius 2 is 2.15 bits per heavy atom. The molecule has 1 N–H and O–H groups in total. The number of hydrogen-bond acceptors (Lipinski definition) is 1. The predicted molar refractivity (Wildman–Crippen MR) is 55.8 cm³/mol. The Kier molecular flexibility index (Phi) is 2.19. The van der Waals surface area contributed by atoms with Gasteiger partial charge < -0.3 is 5.32 Å². The highest BCUT2D eigenvalue weighted by atomic mass is 14.9. The van der Waals surface area contributed by atoms with Crippen LogP contribution in [0.15, 0.2) is 30.4 Å². The predicted octanol–water partition coefficient (Wildman–Crippen LogP) is 2.50. The van der Waals surface area contributed by atoms with Crippen LogP contribution in [0.3, 0.4) is 0 Å². The Bertz CT molecular complexity index is 339. The fourth-order valence-corrected chi connectivity index (χ4v) is 1.79. The van der Waals surface area contributed by atoms with Crippen molar-refractivity contribution in [3.05, 3.63) is 47.0 Å². The van der Waals surface area contributed by atoms with E-state index in [1.54, 1.807) is 0 Å². The van der Waals surface area contributed by atoms with Gasteiger partial charge in [-0.3, -0.25) is 0 Å². The van der Waals surface area contributed by atoms with E-state index in [1.807, 2.05) is 0 Å². The quantitative estimate of drug-likeness (QED) is 0.643. The van der Waals surface area contributed by atoms with E-state index in [1.165, 1.54) is 16.7 Å². The molecular weight excluding hydrogens is 158 g/mol. The molecule has 1 heterocycles. The molecule has 1 nitrogen and oxygen atoms in total. The topological polar surface area (TPSA) is 12.0 Å². The van der Waals surface area contributed by atoms with Crippen molar-refractivity contribution in [2.24, 2.45) is 0 Å². The van der Waals surface area contributed by atoms with Gasteiger partial charge in [0.1, 0.15) is 0 Å². The van der Waals surface area contributed by atoms with E-state index in [0.717, 1.165) is 6.54 Å². The minimum absolute atomic E-state index is 0.430. The van der Waals surface area contributed by atoms with Gasteiger partial charge in [0.25, 0.3) is 0 Å². The zero-order valence-electron chi connectivity index (χ0n) is 8.17. The molecule has 68 valence electrons. The van der Waals surface area contributed by atoms with Crippen molar-refractivity contribution in [2.45, 2.75) is 19.9 Å². The van der Waals surface area contributed by atoms with Crippen LogP contribution in [0.4, 0.5) is 0 Å². The monoisotopic (exact) mass is 173 g/mol. The van der Waals surface area contributed by atoms with Gasteiger partial charge in [-0.05, 0) is 30.5 Å². The molecule has 0 saturated carbocycles. The zero-order valence-corrected chi connectivity index (χ0v) is 8.17. The van der Waals surface area contributed by atoms with Gasteiger partial charge in [0.15, 0.2) is 0 Å². The highest BCUT2D eigenvalue weighted by Gasteiger charge is 2.12. The lowest BCUT2D eigenvalue weighted by molar-refractivity contribution is 0.708. The van der Waals surface area contributed by atoms with Crippen molar-refractivity contribution in [2.75, 3.05) is 6.54 Å². The van der Waals surface area contributed by atoms with E-state index >= 15 is 0 Å². The van der Waals surface area contributed by atoms with Crippen LogP contribution >= 0.6 is 0 Å². The van der Waals surface area contributed by atoms with E-state index < -0.39 is 0 Å². The average molecular weight is 173 g/mol. The number of benzene rings is 1. The standard InChI is InChI=1S/C12H15N/c1-9-5-3-6-11(10(9)2)12-7-4-8-13-12/h3-7,12-13H,8H2,1-2H3/t12-/m0/s1. The van der Waals surface area contributed by atoms with Gasteiger partial charge in [0.05, 0.1) is 6.04 Å². The van der Waals surface area contributed by atoms with E-state index in [2.05, 4.69) is 49.5 Å². The molecule has 1 aliphatic rings. The molecule has 1 aliphatic heterocycles. The second-order valence-corrected chi connectivity index (χ2v) is 3.60. The first-order valence-electron chi connectivity index (χ1n) is 4.75. The third-order valence-corrected chi connectivity index (χ3v) is 2.77. The Hall–Kier alpha value is -1.08. The van der Waals surface area contributed by atoms with Crippen LogP contribution < -0.4 is 5.32 Å². The van der Waals surface area contributed by atoms with Crippen molar-refractivity contribution >= 4 is 0 Å². The van der Waals surface area contributed by atoms with Crippen LogP contribution in [0, 0.1) is 13.8 Å². The molecule has 1 aromatic rings. The molecule has 0 radical (unpaired) electrons. The highest BCUT2D eigenvalue weighted by Crippen LogP contribution is 2.23. The third-order valence-electron chi connectivity index (χ3n) is 2.77. The normalized spacial score (nSPS) is 20.9. The van der Waals surface area contributed by atoms with Gasteiger partial charge >= 0.3 is 0 Å². The summed E-state index contributed by atoms with van der Waals surface area (Å²) in [5.74, 6) is 0. The molecule has 0 unspecified atom stereocenters. The summed E-state index contributed by atoms with van der Waals surface area (Å²) >= 11 is 0. The summed E-state index contributed by atoms with van der Waals surface area (Å²) in [6.07, 6.45) is 4.42. The number of hydrogen-bond donors (Lipinski definition) is 1. The zero-order chi connectivity index (χ0) is 9.26. The first-order valence-corrected chi connectivity index (χ1v) is 4.75. The highest BCUT2D eigenvalue weighted by molar-refractivity contribution is 5.38. The molecular formula is C12H15N. The van der Waals surface area contributed by atoms with Gasteiger partial charge in [-0.15, -0.1) is 0 Å². The van der Waals surface area contributed by atoms with Crippen molar-refractivity contribution < 1.29 is 0 Å². The maximum atomic E-state index is 3.43. The second kappa shape index (κ2) is 3.35. The Morgan fingerprint density at radius 3 is 2.85 bits per heavy atom. The molecule has 1 aromatic carbocycles. The van der Waals surface area contributed by atoms with Crippen molar-refractivity contribution in [1.29, 1.82) is 0 Å². The molecule has 13 heavy (non-hydrogen) atoms. The molecule has 0 aliphatic carbocycles. The Balaban J connectivity index is 2.39. The van der Waals surface area contributed by atoms with Crippen LogP contribution in [0.5, 0.6) is 0 Å². The summed E-state index contributed by atoms with van der Waals surface area (Å²) in [7, 11) is 0. The van der Waals surface area contributed by atoms with Crippen LogP contribution in [0.2, 0.25) is 0 Å². The van der Waals surface area contributed by atoms with Crippen LogP contribution in [0.1, 0.15) is 22.7 Å². The number of aryl methyl sites for hydroxylation is 1. The fourth-order valence-electron chi connectivity index (χ4n) is 1.79. The maximum absolute atomic E-state index is 3.43. The summed E-state index contributed by atoms with van der Waals surface area (Å²) in [6.45, 7) is 5.36. The van der Waals surface area contributed by atoms with E-state index in [9.17, 15) is 0 Å². The maximum Gasteiger partial charge on any atom is 0.0511 e. The van der Waals surface area contributed by atoms with E-state index in [4.69, 9.17) is 0 Å². The summed E-state index contributed by atoms with van der Waals surface area (Å²) in [4.78, 5) is 0. The summed E-state index contributed by atoms with van der Waals surface area (Å²) in [6, 6.07) is 6.93. The van der Waals surface area contributed by atoms with Gasteiger partial charge in [0, 0.05) is 6.54 Å². The van der Waals surface area contributed by atoms with Crippen molar-refractivity contribution in [1.82, 2.24) is 5.32 Å². The van der Waals surface area contributed by atoms with Crippen LogP contribution in [0.25, 0.3) is 0 Å². The SMILES string of the molecule is Cc1cccc([C@@H]2C=CCN2)c1C. The van der Waals surface area contributed by atoms with Crippen LogP contribution in [-0.4, -0.2) is 6.54 Å². The van der Waals surface area contributed by atoms with Gasteiger partial charge in [0.2, 0.25) is 0 Å². The molecule has 1 heteroatoms. The first-order chi connectivity index (χ1) is 6.29. The van der Waals surface area contributed by atoms with Gasteiger partial charge in [-0.1, -0.05) is 30.4 Å². The number of nitrogens with one attached hydrogen (secondary N) is 1. The minimum atomic E-state index is 0.430. The third kappa shape index (κ3) is 1.52. The lowest BCUT2D eigenvalue weighted by Crippen LogP contribution is -2.15. The summed E-state index contributed by atoms with van der Waals surface area (Å²) in [5.41, 5.74) is 4.19. The smallest absolute Gasteiger partial charge is 0.0511 e. The molecule has 0 fully saturated rings. The first kappa shape index (κ1) is 8.52. The Labute approximate surface area is 79.5 Å². The van der Waals surface area contributed by atoms with Crippen LogP contribution in [-0.2, 0) is 0 Å². The van der Waals surface area contributed by atoms with Crippen molar-refractivity contribution in [3.8, 4) is 0 Å². The van der Waals surface area contributed by atoms with E-state index in [-0.39, 0.29) is 0 Å². The molecule has 2 rings (SSSR count). The van der Waals surface area contributed by atoms with E-state index in [0.29, 0.717) is 6.04 Å². The average Bonchev–Trinajstić information content (AvgIpc) is 2.62. The minimum Gasteiger partial charge on any atom is -0.303 e. The molecule has 1 atom stereocenters. The molecule has 0 bridgehead atoms. The summed E-state index contributed by atoms with van der Waals surface area (Å²) < 4.78 is 0. The molecule has 0 amide bonds. The summed E-state index contributed by atoms with van der Waals surface area (Å²) in [5, 5.41) is 3.43. The molecule has 0 spiro atoms. The lowest BCUT2D eigenvalue weighted by atomic mass is 9.98. The van der Waals surface area contributed by atoms with Gasteiger partial charge in [-0.25, -0.2) is 0 Å². The molecule has 0 saturated heterocycles.